The number of piperazine rings is 1. The van der Waals surface area contributed by atoms with Gasteiger partial charge in [0, 0.05) is 36.7 Å². The van der Waals surface area contributed by atoms with Crippen LogP contribution in [0.5, 0.6) is 0 Å². The number of alkyl halides is 3. The Labute approximate surface area is 148 Å². The quantitative estimate of drug-likeness (QED) is 0.806. The zero-order valence-corrected chi connectivity index (χ0v) is 14.7. The summed E-state index contributed by atoms with van der Waals surface area (Å²) < 4.78 is 39.4. The number of aromatic nitrogens is 1. The van der Waals surface area contributed by atoms with E-state index in [1.165, 1.54) is 10.9 Å². The average Bonchev–Trinajstić information content (AvgIpc) is 2.93. The fraction of sp³-hybridized carbons (Fsp3) is 0.412. The van der Waals surface area contributed by atoms with Crippen molar-refractivity contribution in [2.75, 3.05) is 36.0 Å². The molecular weight excluding hydrogens is 349 g/mol. The number of aryl methyl sites for hydroxylation is 2. The Morgan fingerprint density at radius 1 is 1.12 bits per heavy atom. The first-order chi connectivity index (χ1) is 11.8. The van der Waals surface area contributed by atoms with E-state index in [2.05, 4.69) is 9.88 Å². The lowest BCUT2D eigenvalue weighted by atomic mass is 10.1. The van der Waals surface area contributed by atoms with Gasteiger partial charge in [-0.1, -0.05) is 0 Å². The molecule has 25 heavy (non-hydrogen) atoms. The third kappa shape index (κ3) is 3.56. The number of nitrogens with zero attached hydrogens (tertiary/aromatic N) is 4. The molecule has 0 atom stereocenters. The van der Waals surface area contributed by atoms with Crippen molar-refractivity contribution < 1.29 is 13.2 Å². The summed E-state index contributed by atoms with van der Waals surface area (Å²) in [4.78, 5) is 9.80. The molecule has 1 aliphatic heterocycles. The van der Waals surface area contributed by atoms with Gasteiger partial charge in [-0.05, 0) is 32.0 Å². The molecule has 0 amide bonds. The van der Waals surface area contributed by atoms with Crippen LogP contribution in [0.4, 0.5) is 24.0 Å². The Kier molecular flexibility index (Phi) is 4.60. The van der Waals surface area contributed by atoms with Crippen molar-refractivity contribution >= 4 is 22.2 Å². The summed E-state index contributed by atoms with van der Waals surface area (Å²) in [5.41, 5.74) is 0.298. The fourth-order valence-electron chi connectivity index (χ4n) is 2.81. The summed E-state index contributed by atoms with van der Waals surface area (Å²) in [6, 6.07) is 5.52. The molecular formula is C17H17F3N4S. The highest BCUT2D eigenvalue weighted by atomic mass is 32.1. The summed E-state index contributed by atoms with van der Waals surface area (Å²) >= 11 is 1.64. The lowest BCUT2D eigenvalue weighted by Gasteiger charge is -2.36. The van der Waals surface area contributed by atoms with Crippen LogP contribution >= 0.6 is 11.3 Å². The maximum Gasteiger partial charge on any atom is 0.417 e. The van der Waals surface area contributed by atoms with Crippen molar-refractivity contribution in [1.82, 2.24) is 4.98 Å². The molecule has 1 fully saturated rings. The zero-order valence-electron chi connectivity index (χ0n) is 13.9. The number of benzene rings is 1. The molecule has 1 aromatic carbocycles. The maximum absolute atomic E-state index is 13.1. The highest BCUT2D eigenvalue weighted by molar-refractivity contribution is 7.15. The monoisotopic (exact) mass is 366 g/mol. The van der Waals surface area contributed by atoms with Gasteiger partial charge >= 0.3 is 6.18 Å². The average molecular weight is 366 g/mol. The minimum absolute atomic E-state index is 0.344. The van der Waals surface area contributed by atoms with Crippen molar-refractivity contribution in [2.24, 2.45) is 0 Å². The van der Waals surface area contributed by atoms with Gasteiger partial charge < -0.3 is 9.80 Å². The molecule has 2 heterocycles. The number of rotatable bonds is 2. The summed E-state index contributed by atoms with van der Waals surface area (Å²) in [6.45, 7) is 6.63. The Balaban J connectivity index is 1.76. The van der Waals surface area contributed by atoms with E-state index in [9.17, 15) is 13.2 Å². The van der Waals surface area contributed by atoms with Crippen LogP contribution in [0.2, 0.25) is 0 Å². The van der Waals surface area contributed by atoms with Crippen LogP contribution in [-0.2, 0) is 6.18 Å². The van der Waals surface area contributed by atoms with Crippen LogP contribution in [0.25, 0.3) is 0 Å². The summed E-state index contributed by atoms with van der Waals surface area (Å²) in [5, 5.41) is 9.86. The predicted molar refractivity (Wildman–Crippen MR) is 92.2 cm³/mol. The van der Waals surface area contributed by atoms with Gasteiger partial charge in [-0.3, -0.25) is 0 Å². The molecule has 0 N–H and O–H groups in total. The molecule has 4 nitrogen and oxygen atoms in total. The second-order valence-corrected chi connectivity index (χ2v) is 7.13. The molecule has 0 bridgehead atoms. The summed E-state index contributed by atoms with van der Waals surface area (Å²) in [7, 11) is 0. The highest BCUT2D eigenvalue weighted by Crippen LogP contribution is 2.35. The van der Waals surface area contributed by atoms with Gasteiger partial charge in [0.15, 0.2) is 5.13 Å². The second-order valence-electron chi connectivity index (χ2n) is 5.95. The predicted octanol–water partition coefficient (Wildman–Crippen LogP) is 3.98. The largest absolute Gasteiger partial charge is 0.417 e. The summed E-state index contributed by atoms with van der Waals surface area (Å²) in [6.07, 6.45) is -4.53. The van der Waals surface area contributed by atoms with Crippen LogP contribution in [0, 0.1) is 25.2 Å². The van der Waals surface area contributed by atoms with Gasteiger partial charge in [0.05, 0.1) is 22.9 Å². The van der Waals surface area contributed by atoms with E-state index >= 15 is 0 Å². The van der Waals surface area contributed by atoms with Gasteiger partial charge in [0.1, 0.15) is 0 Å². The standard InChI is InChI=1S/C17H17F3N4S/c1-11-12(2)25-16(22-11)24-7-5-23(6-8-24)14-4-3-13(10-21)15(9-14)17(18,19)20/h3-4,9H,5-8H2,1-2H3. The van der Waals surface area contributed by atoms with Crippen molar-refractivity contribution in [1.29, 1.82) is 5.26 Å². The van der Waals surface area contributed by atoms with Crippen LogP contribution in [0.1, 0.15) is 21.7 Å². The third-order valence-corrected chi connectivity index (χ3v) is 5.50. The number of nitriles is 1. The van der Waals surface area contributed by atoms with E-state index in [-0.39, 0.29) is 5.56 Å². The lowest BCUT2D eigenvalue weighted by molar-refractivity contribution is -0.137. The number of thiazole rings is 1. The van der Waals surface area contributed by atoms with Gasteiger partial charge in [0.2, 0.25) is 0 Å². The normalized spacial score (nSPS) is 15.4. The topological polar surface area (TPSA) is 43.2 Å². The first-order valence-corrected chi connectivity index (χ1v) is 8.66. The molecule has 132 valence electrons. The molecule has 1 saturated heterocycles. The molecule has 0 spiro atoms. The van der Waals surface area contributed by atoms with E-state index in [1.807, 2.05) is 18.7 Å². The van der Waals surface area contributed by atoms with E-state index in [0.29, 0.717) is 31.9 Å². The molecule has 2 aromatic rings. The van der Waals surface area contributed by atoms with E-state index in [4.69, 9.17) is 5.26 Å². The molecule has 8 heteroatoms. The number of halogens is 3. The molecule has 0 unspecified atom stereocenters. The fourth-order valence-corrected chi connectivity index (χ4v) is 3.77. The summed E-state index contributed by atoms with van der Waals surface area (Å²) in [5.74, 6) is 0. The molecule has 1 aliphatic rings. The minimum atomic E-state index is -4.53. The van der Waals surface area contributed by atoms with Crippen molar-refractivity contribution in [3.63, 3.8) is 0 Å². The molecule has 0 saturated carbocycles. The van der Waals surface area contributed by atoms with Crippen LogP contribution < -0.4 is 9.80 Å². The minimum Gasteiger partial charge on any atom is -0.368 e. The third-order valence-electron chi connectivity index (χ3n) is 4.36. The number of hydrogen-bond donors (Lipinski definition) is 0. The first-order valence-electron chi connectivity index (χ1n) is 7.85. The van der Waals surface area contributed by atoms with Crippen molar-refractivity contribution in [2.45, 2.75) is 20.0 Å². The van der Waals surface area contributed by atoms with Gasteiger partial charge in [-0.25, -0.2) is 4.98 Å². The number of hydrogen-bond acceptors (Lipinski definition) is 5. The highest BCUT2D eigenvalue weighted by Gasteiger charge is 2.34. The van der Waals surface area contributed by atoms with E-state index in [0.717, 1.165) is 16.9 Å². The van der Waals surface area contributed by atoms with E-state index < -0.39 is 11.7 Å². The van der Waals surface area contributed by atoms with Crippen molar-refractivity contribution in [3.8, 4) is 6.07 Å². The molecule has 1 aromatic heterocycles. The smallest absolute Gasteiger partial charge is 0.368 e. The van der Waals surface area contributed by atoms with E-state index in [1.54, 1.807) is 23.5 Å². The SMILES string of the molecule is Cc1nc(N2CCN(c3ccc(C#N)c(C(F)(F)F)c3)CC2)sc1C. The van der Waals surface area contributed by atoms with Crippen LogP contribution in [-0.4, -0.2) is 31.2 Å². The zero-order chi connectivity index (χ0) is 18.2. The Morgan fingerprint density at radius 3 is 2.28 bits per heavy atom. The van der Waals surface area contributed by atoms with Gasteiger partial charge in [-0.15, -0.1) is 11.3 Å². The van der Waals surface area contributed by atoms with Crippen LogP contribution in [0.15, 0.2) is 18.2 Å². The molecule has 3 rings (SSSR count). The Morgan fingerprint density at radius 2 is 1.76 bits per heavy atom. The first kappa shape index (κ1) is 17.5. The van der Waals surface area contributed by atoms with Gasteiger partial charge in [-0.2, -0.15) is 18.4 Å². The van der Waals surface area contributed by atoms with Gasteiger partial charge in [0.25, 0.3) is 0 Å². The van der Waals surface area contributed by atoms with Crippen molar-refractivity contribution in [3.05, 3.63) is 39.9 Å². The Hall–Kier alpha value is -2.27. The Bertz CT molecular complexity index is 795. The van der Waals surface area contributed by atoms with Crippen LogP contribution in [0.3, 0.4) is 0 Å². The number of anilines is 2. The molecule has 0 radical (unpaired) electrons. The second kappa shape index (κ2) is 6.56. The molecule has 0 aliphatic carbocycles. The maximum atomic E-state index is 13.1. The lowest BCUT2D eigenvalue weighted by Crippen LogP contribution is -2.46.